The van der Waals surface area contributed by atoms with Crippen molar-refractivity contribution in [3.05, 3.63) is 16.0 Å². The molecule has 0 spiro atoms. The van der Waals surface area contributed by atoms with Crippen LogP contribution >= 0.6 is 11.3 Å². The van der Waals surface area contributed by atoms with E-state index in [1.165, 1.54) is 0 Å². The number of anilines is 1. The first-order valence-electron chi connectivity index (χ1n) is 8.54. The zero-order chi connectivity index (χ0) is 19.3. The highest BCUT2D eigenvalue weighted by atomic mass is 32.1. The van der Waals surface area contributed by atoms with Gasteiger partial charge in [0.05, 0.1) is 31.5 Å². The van der Waals surface area contributed by atoms with Crippen molar-refractivity contribution in [2.24, 2.45) is 0 Å². The molecule has 2 heterocycles. The van der Waals surface area contributed by atoms with E-state index in [9.17, 15) is 14.4 Å². The van der Waals surface area contributed by atoms with E-state index in [1.807, 2.05) is 6.92 Å². The van der Waals surface area contributed by atoms with Crippen LogP contribution in [-0.4, -0.2) is 61.9 Å². The Morgan fingerprint density at radius 3 is 2.50 bits per heavy atom. The van der Waals surface area contributed by atoms with Crippen molar-refractivity contribution in [1.29, 1.82) is 0 Å². The lowest BCUT2D eigenvalue weighted by Gasteiger charge is -2.31. The molecule has 144 valence electrons. The Morgan fingerprint density at radius 2 is 1.88 bits per heavy atom. The summed E-state index contributed by atoms with van der Waals surface area (Å²) in [5.41, 5.74) is 0.632. The van der Waals surface area contributed by atoms with E-state index in [4.69, 9.17) is 14.2 Å². The number of hydrogen-bond acceptors (Lipinski definition) is 7. The summed E-state index contributed by atoms with van der Waals surface area (Å²) in [4.78, 5) is 38.9. The van der Waals surface area contributed by atoms with Crippen LogP contribution in [0, 0.1) is 6.92 Å². The van der Waals surface area contributed by atoms with Crippen LogP contribution in [0.5, 0.6) is 0 Å². The molecule has 0 aliphatic carbocycles. The minimum atomic E-state index is -0.581. The van der Waals surface area contributed by atoms with E-state index in [2.05, 4.69) is 5.32 Å². The van der Waals surface area contributed by atoms with E-state index < -0.39 is 11.9 Å². The normalized spacial score (nSPS) is 16.9. The molecule has 8 nitrogen and oxygen atoms in total. The summed E-state index contributed by atoms with van der Waals surface area (Å²) in [6.07, 6.45) is -0.0563. The number of rotatable bonds is 5. The topological polar surface area (TPSA) is 94.2 Å². The maximum atomic E-state index is 12.6. The van der Waals surface area contributed by atoms with Gasteiger partial charge in [-0.2, -0.15) is 0 Å². The van der Waals surface area contributed by atoms with Crippen LogP contribution < -0.4 is 5.32 Å². The monoisotopic (exact) mass is 384 g/mol. The van der Waals surface area contributed by atoms with E-state index in [-0.39, 0.29) is 40.8 Å². The van der Waals surface area contributed by atoms with Crippen LogP contribution in [0.1, 0.15) is 46.4 Å². The van der Waals surface area contributed by atoms with Gasteiger partial charge in [-0.25, -0.2) is 14.4 Å². The molecule has 2 rings (SSSR count). The molecule has 1 aliphatic rings. The third kappa shape index (κ3) is 4.53. The Bertz CT molecular complexity index is 687. The number of morpholine rings is 1. The predicted octanol–water partition coefficient (Wildman–Crippen LogP) is 2.66. The second-order valence-corrected chi connectivity index (χ2v) is 6.78. The zero-order valence-electron chi connectivity index (χ0n) is 15.4. The molecule has 1 aromatic rings. The van der Waals surface area contributed by atoms with E-state index >= 15 is 0 Å². The molecule has 1 N–H and O–H groups in total. The molecule has 0 unspecified atom stereocenters. The van der Waals surface area contributed by atoms with Gasteiger partial charge in [-0.3, -0.25) is 5.32 Å². The number of urea groups is 1. The van der Waals surface area contributed by atoms with Crippen LogP contribution in [-0.2, 0) is 14.2 Å². The lowest BCUT2D eigenvalue weighted by atomic mass is 10.1. The van der Waals surface area contributed by atoms with Gasteiger partial charge in [-0.15, -0.1) is 11.3 Å². The molecule has 0 aromatic carbocycles. The van der Waals surface area contributed by atoms with E-state index in [0.717, 1.165) is 11.3 Å². The van der Waals surface area contributed by atoms with Crippen molar-refractivity contribution in [1.82, 2.24) is 4.90 Å². The fourth-order valence-corrected chi connectivity index (χ4v) is 3.70. The fourth-order valence-electron chi connectivity index (χ4n) is 2.62. The molecular weight excluding hydrogens is 360 g/mol. The molecule has 26 heavy (non-hydrogen) atoms. The molecule has 1 aromatic heterocycles. The Kier molecular flexibility index (Phi) is 6.98. The number of amides is 2. The first kappa shape index (κ1) is 20.2. The Morgan fingerprint density at radius 1 is 1.23 bits per heavy atom. The molecule has 0 saturated carbocycles. The Hall–Kier alpha value is -2.13. The summed E-state index contributed by atoms with van der Waals surface area (Å²) < 4.78 is 15.5. The first-order chi connectivity index (χ1) is 12.4. The van der Waals surface area contributed by atoms with Crippen molar-refractivity contribution in [3.8, 4) is 0 Å². The molecular formula is C17H24N2O6S. The van der Waals surface area contributed by atoms with Crippen LogP contribution in [0.2, 0.25) is 0 Å². The summed E-state index contributed by atoms with van der Waals surface area (Å²) >= 11 is 1.02. The molecule has 1 fully saturated rings. The fraction of sp³-hybridized carbons (Fsp3) is 0.588. The summed E-state index contributed by atoms with van der Waals surface area (Å²) in [5.74, 6) is -1.11. The highest BCUT2D eigenvalue weighted by Crippen LogP contribution is 2.34. The third-order valence-electron chi connectivity index (χ3n) is 3.84. The average Bonchev–Trinajstić information content (AvgIpc) is 2.91. The van der Waals surface area contributed by atoms with Gasteiger partial charge in [0.1, 0.15) is 9.88 Å². The SMILES string of the molecule is CCOC(=O)c1sc(NC(=O)N2CCO[C@H](C)C2)c(C(=O)OCC)c1C. The smallest absolute Gasteiger partial charge is 0.348 e. The molecule has 1 saturated heterocycles. The van der Waals surface area contributed by atoms with Gasteiger partial charge >= 0.3 is 18.0 Å². The van der Waals surface area contributed by atoms with Crippen LogP contribution in [0.4, 0.5) is 9.80 Å². The van der Waals surface area contributed by atoms with Crippen molar-refractivity contribution in [2.45, 2.75) is 33.8 Å². The van der Waals surface area contributed by atoms with Gasteiger partial charge in [0, 0.05) is 13.1 Å². The number of nitrogens with zero attached hydrogens (tertiary/aromatic N) is 1. The van der Waals surface area contributed by atoms with Crippen LogP contribution in [0.25, 0.3) is 0 Å². The van der Waals surface area contributed by atoms with Crippen molar-refractivity contribution in [2.75, 3.05) is 38.2 Å². The summed E-state index contributed by atoms with van der Waals surface area (Å²) in [7, 11) is 0. The second-order valence-electron chi connectivity index (χ2n) is 5.76. The van der Waals surface area contributed by atoms with E-state index in [0.29, 0.717) is 25.3 Å². The third-order valence-corrected chi connectivity index (χ3v) is 5.02. The minimum Gasteiger partial charge on any atom is -0.462 e. The molecule has 9 heteroatoms. The van der Waals surface area contributed by atoms with Crippen LogP contribution in [0.15, 0.2) is 0 Å². The summed E-state index contributed by atoms with van der Waals surface area (Å²) in [6, 6.07) is -0.345. The lowest BCUT2D eigenvalue weighted by Crippen LogP contribution is -2.46. The number of thiophene rings is 1. The number of esters is 2. The van der Waals surface area contributed by atoms with E-state index in [1.54, 1.807) is 25.7 Å². The van der Waals surface area contributed by atoms with Crippen LogP contribution in [0.3, 0.4) is 0 Å². The molecule has 1 aliphatic heterocycles. The average molecular weight is 384 g/mol. The van der Waals surface area contributed by atoms with Crippen molar-refractivity contribution >= 4 is 34.3 Å². The highest BCUT2D eigenvalue weighted by molar-refractivity contribution is 7.18. The minimum absolute atomic E-state index is 0.0563. The summed E-state index contributed by atoms with van der Waals surface area (Å²) in [6.45, 7) is 8.70. The number of ether oxygens (including phenoxy) is 3. The highest BCUT2D eigenvalue weighted by Gasteiger charge is 2.29. The van der Waals surface area contributed by atoms with Gasteiger partial charge in [-0.1, -0.05) is 0 Å². The Balaban J connectivity index is 2.29. The number of carbonyl (C=O) groups is 3. The maximum Gasteiger partial charge on any atom is 0.348 e. The zero-order valence-corrected chi connectivity index (χ0v) is 16.2. The van der Waals surface area contributed by atoms with Gasteiger partial charge in [0.15, 0.2) is 0 Å². The first-order valence-corrected chi connectivity index (χ1v) is 9.35. The van der Waals surface area contributed by atoms with Gasteiger partial charge in [0.2, 0.25) is 0 Å². The standard InChI is InChI=1S/C17H24N2O6S/c1-5-23-15(20)12-11(4)13(16(21)24-6-2)26-14(12)18-17(22)19-7-8-25-10(3)9-19/h10H,5-9H2,1-4H3,(H,18,22)/t10-/m1/s1. The second kappa shape index (κ2) is 9.00. The van der Waals surface area contributed by atoms with Gasteiger partial charge in [-0.05, 0) is 33.3 Å². The summed E-state index contributed by atoms with van der Waals surface area (Å²) in [5, 5.41) is 3.02. The number of carbonyl (C=O) groups excluding carboxylic acids is 3. The molecule has 0 radical (unpaired) electrons. The molecule has 2 amide bonds. The number of nitrogens with one attached hydrogen (secondary N) is 1. The molecule has 1 atom stereocenters. The van der Waals surface area contributed by atoms with Gasteiger partial charge in [0.25, 0.3) is 0 Å². The quantitative estimate of drug-likeness (QED) is 0.785. The molecule has 0 bridgehead atoms. The maximum absolute atomic E-state index is 12.6. The predicted molar refractivity (Wildman–Crippen MR) is 97.0 cm³/mol. The lowest BCUT2D eigenvalue weighted by molar-refractivity contribution is -0.00138. The van der Waals surface area contributed by atoms with Gasteiger partial charge < -0.3 is 19.1 Å². The Labute approximate surface area is 156 Å². The van der Waals surface area contributed by atoms with Crippen molar-refractivity contribution < 1.29 is 28.6 Å². The van der Waals surface area contributed by atoms with Crippen molar-refractivity contribution in [3.63, 3.8) is 0 Å². The number of hydrogen-bond donors (Lipinski definition) is 1. The largest absolute Gasteiger partial charge is 0.462 e.